The van der Waals surface area contributed by atoms with Gasteiger partial charge in [0.05, 0.1) is 11.3 Å². The van der Waals surface area contributed by atoms with E-state index in [1.807, 2.05) is 18.4 Å². The highest BCUT2D eigenvalue weighted by Crippen LogP contribution is 2.23. The van der Waals surface area contributed by atoms with Crippen molar-refractivity contribution in [2.45, 2.75) is 26.7 Å². The van der Waals surface area contributed by atoms with Gasteiger partial charge in [-0.15, -0.1) is 11.3 Å². The van der Waals surface area contributed by atoms with E-state index in [4.69, 9.17) is 5.73 Å². The zero-order valence-electron chi connectivity index (χ0n) is 11.2. The lowest BCUT2D eigenvalue weighted by molar-refractivity contribution is 0.102. The van der Waals surface area contributed by atoms with E-state index in [9.17, 15) is 4.79 Å². The molecule has 4 nitrogen and oxygen atoms in total. The monoisotopic (exact) mass is 275 g/mol. The van der Waals surface area contributed by atoms with Gasteiger partial charge in [0.25, 0.3) is 5.91 Å². The van der Waals surface area contributed by atoms with Crippen molar-refractivity contribution in [2.24, 2.45) is 0 Å². The van der Waals surface area contributed by atoms with Gasteiger partial charge in [-0.05, 0) is 30.5 Å². The molecule has 0 aliphatic heterocycles. The fourth-order valence-corrected chi connectivity index (χ4v) is 2.53. The highest BCUT2D eigenvalue weighted by atomic mass is 32.1. The van der Waals surface area contributed by atoms with Gasteiger partial charge in [-0.2, -0.15) is 0 Å². The standard InChI is InChI=1S/C14H17N3OS/c1-8(2)12-7-19-14(16-12)17-13(18)10-5-4-9(3)6-11(10)15/h4-8H,15H2,1-3H3,(H,16,17,18). The molecule has 3 N–H and O–H groups in total. The SMILES string of the molecule is Cc1ccc(C(=O)Nc2nc(C(C)C)cs2)c(N)c1. The largest absolute Gasteiger partial charge is 0.398 e. The molecule has 2 aromatic rings. The first kappa shape index (κ1) is 13.5. The Balaban J connectivity index is 2.16. The van der Waals surface area contributed by atoms with Crippen molar-refractivity contribution < 1.29 is 4.79 Å². The summed E-state index contributed by atoms with van der Waals surface area (Å²) in [5.41, 5.74) is 8.83. The van der Waals surface area contributed by atoms with Gasteiger partial charge in [0.2, 0.25) is 0 Å². The number of rotatable bonds is 3. The van der Waals surface area contributed by atoms with E-state index in [-0.39, 0.29) is 5.91 Å². The number of aromatic nitrogens is 1. The van der Waals surface area contributed by atoms with Crippen molar-refractivity contribution in [1.29, 1.82) is 0 Å². The van der Waals surface area contributed by atoms with Gasteiger partial charge in [0.1, 0.15) is 0 Å². The van der Waals surface area contributed by atoms with Crippen molar-refractivity contribution in [2.75, 3.05) is 11.1 Å². The molecule has 0 fully saturated rings. The summed E-state index contributed by atoms with van der Waals surface area (Å²) in [5.74, 6) is 0.133. The third-order valence-electron chi connectivity index (χ3n) is 2.79. The molecule has 5 heteroatoms. The Morgan fingerprint density at radius 2 is 2.16 bits per heavy atom. The number of carbonyl (C=O) groups excluding carboxylic acids is 1. The lowest BCUT2D eigenvalue weighted by Crippen LogP contribution is -2.14. The van der Waals surface area contributed by atoms with Crippen LogP contribution in [0.4, 0.5) is 10.8 Å². The summed E-state index contributed by atoms with van der Waals surface area (Å²) in [7, 11) is 0. The number of hydrogen-bond donors (Lipinski definition) is 2. The predicted molar refractivity (Wildman–Crippen MR) is 79.7 cm³/mol. The molecule has 0 unspecified atom stereocenters. The maximum Gasteiger partial charge on any atom is 0.259 e. The Hall–Kier alpha value is -1.88. The van der Waals surface area contributed by atoms with Crippen LogP contribution in [-0.4, -0.2) is 10.9 Å². The summed E-state index contributed by atoms with van der Waals surface area (Å²) in [4.78, 5) is 16.5. The summed E-state index contributed by atoms with van der Waals surface area (Å²) >= 11 is 1.43. The Kier molecular flexibility index (Phi) is 3.85. The van der Waals surface area contributed by atoms with Gasteiger partial charge in [0.15, 0.2) is 5.13 Å². The quantitative estimate of drug-likeness (QED) is 0.843. The predicted octanol–water partition coefficient (Wildman–Crippen LogP) is 3.41. The number of carbonyl (C=O) groups is 1. The molecule has 1 aromatic heterocycles. The number of nitrogen functional groups attached to an aromatic ring is 1. The van der Waals surface area contributed by atoms with Gasteiger partial charge in [-0.1, -0.05) is 19.9 Å². The number of nitrogens with one attached hydrogen (secondary N) is 1. The van der Waals surface area contributed by atoms with Crippen LogP contribution in [-0.2, 0) is 0 Å². The number of thiazole rings is 1. The minimum Gasteiger partial charge on any atom is -0.398 e. The van der Waals surface area contributed by atoms with Crippen molar-refractivity contribution in [3.63, 3.8) is 0 Å². The van der Waals surface area contributed by atoms with Crippen LogP contribution in [0.5, 0.6) is 0 Å². The first-order chi connectivity index (χ1) is 8.97. The van der Waals surface area contributed by atoms with Gasteiger partial charge >= 0.3 is 0 Å². The fourth-order valence-electron chi connectivity index (χ4n) is 1.66. The number of anilines is 2. The topological polar surface area (TPSA) is 68.0 Å². The van der Waals surface area contributed by atoms with Crippen molar-refractivity contribution >= 4 is 28.1 Å². The smallest absolute Gasteiger partial charge is 0.259 e. The number of nitrogens with two attached hydrogens (primary N) is 1. The second-order valence-electron chi connectivity index (χ2n) is 4.78. The van der Waals surface area contributed by atoms with Crippen LogP contribution in [0, 0.1) is 6.92 Å². The second-order valence-corrected chi connectivity index (χ2v) is 5.64. The molecule has 0 spiro atoms. The molecule has 0 saturated heterocycles. The lowest BCUT2D eigenvalue weighted by Gasteiger charge is -2.06. The van der Waals surface area contributed by atoms with Crippen molar-refractivity contribution in [1.82, 2.24) is 4.98 Å². The minimum absolute atomic E-state index is 0.220. The molecule has 1 amide bonds. The number of hydrogen-bond acceptors (Lipinski definition) is 4. The van der Waals surface area contributed by atoms with Crippen LogP contribution in [0.25, 0.3) is 0 Å². The number of nitrogens with zero attached hydrogens (tertiary/aromatic N) is 1. The van der Waals surface area contributed by atoms with Gasteiger partial charge in [-0.3, -0.25) is 10.1 Å². The van der Waals surface area contributed by atoms with E-state index >= 15 is 0 Å². The van der Waals surface area contributed by atoms with Gasteiger partial charge < -0.3 is 5.73 Å². The maximum atomic E-state index is 12.1. The molecular weight excluding hydrogens is 258 g/mol. The molecule has 0 aliphatic rings. The first-order valence-corrected chi connectivity index (χ1v) is 6.98. The normalized spacial score (nSPS) is 10.7. The van der Waals surface area contributed by atoms with E-state index in [1.54, 1.807) is 12.1 Å². The number of aryl methyl sites for hydroxylation is 1. The Labute approximate surface area is 116 Å². The summed E-state index contributed by atoms with van der Waals surface area (Å²) in [5, 5.41) is 5.34. The number of benzene rings is 1. The molecule has 100 valence electrons. The molecule has 19 heavy (non-hydrogen) atoms. The van der Waals surface area contributed by atoms with E-state index in [0.29, 0.717) is 22.3 Å². The van der Waals surface area contributed by atoms with Crippen LogP contribution in [0.2, 0.25) is 0 Å². The van der Waals surface area contributed by atoms with E-state index in [2.05, 4.69) is 24.1 Å². The summed E-state index contributed by atoms with van der Waals surface area (Å²) < 4.78 is 0. The van der Waals surface area contributed by atoms with Gasteiger partial charge in [0, 0.05) is 11.1 Å². The Morgan fingerprint density at radius 3 is 2.74 bits per heavy atom. The summed E-state index contributed by atoms with van der Waals surface area (Å²) in [6.45, 7) is 6.07. The van der Waals surface area contributed by atoms with Crippen LogP contribution >= 0.6 is 11.3 Å². The molecule has 0 bridgehead atoms. The van der Waals surface area contributed by atoms with E-state index in [0.717, 1.165) is 11.3 Å². The minimum atomic E-state index is -0.220. The Morgan fingerprint density at radius 1 is 1.42 bits per heavy atom. The zero-order valence-corrected chi connectivity index (χ0v) is 12.0. The Bertz CT molecular complexity index is 604. The molecule has 1 aromatic carbocycles. The molecule has 2 rings (SSSR count). The summed E-state index contributed by atoms with van der Waals surface area (Å²) in [6.07, 6.45) is 0. The van der Waals surface area contributed by atoms with Crippen LogP contribution in [0.15, 0.2) is 23.6 Å². The van der Waals surface area contributed by atoms with Crippen molar-refractivity contribution in [3.05, 3.63) is 40.4 Å². The molecule has 0 radical (unpaired) electrons. The third-order valence-corrected chi connectivity index (χ3v) is 3.56. The van der Waals surface area contributed by atoms with Crippen LogP contribution in [0.3, 0.4) is 0 Å². The summed E-state index contributed by atoms with van der Waals surface area (Å²) in [6, 6.07) is 5.39. The van der Waals surface area contributed by atoms with Crippen LogP contribution < -0.4 is 11.1 Å². The molecule has 0 saturated carbocycles. The zero-order chi connectivity index (χ0) is 14.0. The van der Waals surface area contributed by atoms with Crippen LogP contribution in [0.1, 0.15) is 41.4 Å². The fraction of sp³-hybridized carbons (Fsp3) is 0.286. The molecule has 1 heterocycles. The third kappa shape index (κ3) is 3.12. The highest BCUT2D eigenvalue weighted by Gasteiger charge is 2.12. The maximum absolute atomic E-state index is 12.1. The van der Waals surface area contributed by atoms with E-state index in [1.165, 1.54) is 11.3 Å². The highest BCUT2D eigenvalue weighted by molar-refractivity contribution is 7.14. The molecular formula is C14H17N3OS. The number of amides is 1. The second kappa shape index (κ2) is 5.40. The van der Waals surface area contributed by atoms with E-state index < -0.39 is 0 Å². The molecule has 0 atom stereocenters. The first-order valence-electron chi connectivity index (χ1n) is 6.10. The lowest BCUT2D eigenvalue weighted by atomic mass is 10.1. The van der Waals surface area contributed by atoms with Gasteiger partial charge in [-0.25, -0.2) is 4.98 Å². The average molecular weight is 275 g/mol. The molecule has 0 aliphatic carbocycles. The average Bonchev–Trinajstić information content (AvgIpc) is 2.77. The van der Waals surface area contributed by atoms with Crippen molar-refractivity contribution in [3.8, 4) is 0 Å².